The molecule has 19 rings (SSSR count). The Labute approximate surface area is 856 Å². The van der Waals surface area contributed by atoms with Crippen LogP contribution in [0, 0.1) is 122 Å². The van der Waals surface area contributed by atoms with Crippen molar-refractivity contribution in [3.63, 3.8) is 0 Å². The molecule has 0 aliphatic rings. The third-order valence-electron chi connectivity index (χ3n) is 22.8. The lowest BCUT2D eigenvalue weighted by Crippen LogP contribution is -2.10. The number of nitrogens with zero attached hydrogens (tertiary/aromatic N) is 10. The number of ether oxygens (including phenoxy) is 4. The summed E-state index contributed by atoms with van der Waals surface area (Å²) in [7, 11) is 6.29. The van der Waals surface area contributed by atoms with Crippen molar-refractivity contribution in [3.8, 4) is 123 Å². The van der Waals surface area contributed by atoms with Crippen LogP contribution in [-0.4, -0.2) is 78.1 Å². The van der Waals surface area contributed by atoms with Crippen molar-refractivity contribution in [2.45, 2.75) is 82.0 Å². The number of benzene rings is 10. The van der Waals surface area contributed by atoms with E-state index in [1.54, 1.807) is 188 Å². The Morgan fingerprint density at radius 1 is 0.279 bits per heavy atom. The third-order valence-corrected chi connectivity index (χ3v) is 23.4. The molecule has 0 amide bonds. The number of rotatable bonds is 15. The SMILES string of the molecule is COc1ccc(-c2cc(F)ccc2C)cn1.COc1ccncc1-c1cc(F)ccc1C.COc1cncc(-c2cc(F)ccc2C)c1.COc1ncccc1-c1cc(F)ccc1C.Cc1ccc(F)cc1-c1cccnc1C.Cc1ccc(F)cc1-c1cccnc1C(F)(F)F.Cc1ccc(F)cc1-c1cccnc1Cl.Cc1ccc(F)cc1-c1cnccc1Cl.Cc1ccc(F)cc1-c1cnn(Cc2ccccc2)c1. The van der Waals surface area contributed by atoms with Crippen molar-refractivity contribution in [2.75, 3.05) is 28.4 Å². The second-order valence-corrected chi connectivity index (χ2v) is 33.9. The number of pyridine rings is 8. The van der Waals surface area contributed by atoms with Gasteiger partial charge in [-0.3, -0.25) is 29.6 Å². The standard InChI is InChI=1S/C17H15FN2.C13H9F4N.4C13H12FNO.C13H12FN.2C12H9ClFN/c1-13-7-8-16(18)9-17(13)15-10-19-20(12-15)11-14-5-3-2-4-6-14;1-8-4-5-9(14)7-11(8)10-3-2-6-18-12(10)13(15,16)17;1-9-3-5-11(14)7-12(9)10-4-6-13(16-2)15-8-10;1-9-3-4-11(14)6-13(9)10-5-12(16-2)8-15-7-10;1-9-3-4-10(14)7-11(9)12-8-15-6-5-13(12)16-2;1-9-5-6-10(14)8-12(9)11-4-3-7-15-13(11)16-2;1-9-5-6-11(14)8-13(9)12-4-3-7-15-10(12)2;1-8-2-3-9(14)6-10(8)11-7-15-5-4-12(11)13;1-8-4-5-9(14)7-11(8)10-3-2-6-15-12(10)13/h2-10,12H,11H2,1H3;2-7H,1H3;4*3-8H,1-2H3;3-8H,1-2H3;2*2-7H,1H3. The van der Waals surface area contributed by atoms with Crippen LogP contribution >= 0.6 is 23.2 Å². The van der Waals surface area contributed by atoms with Crippen LogP contribution in [0.1, 0.15) is 67.0 Å². The predicted molar refractivity (Wildman–Crippen MR) is 559 cm³/mol. The molecule has 0 spiro atoms. The fourth-order valence-electron chi connectivity index (χ4n) is 15.0. The fourth-order valence-corrected chi connectivity index (χ4v) is 15.4. The number of hydrogen-bond donors (Lipinski definition) is 0. The first-order valence-electron chi connectivity index (χ1n) is 45.6. The molecule has 0 saturated carbocycles. The first-order chi connectivity index (χ1) is 70.5. The maximum absolute atomic E-state index is 13.4. The highest BCUT2D eigenvalue weighted by atomic mass is 35.5. The molecule has 147 heavy (non-hydrogen) atoms. The molecular formula is C119H102Cl2F12N10O4. The van der Waals surface area contributed by atoms with E-state index in [1.165, 1.54) is 115 Å². The van der Waals surface area contributed by atoms with Crippen molar-refractivity contribution in [2.24, 2.45) is 0 Å². The Kier molecular flexibility index (Phi) is 40.6. The van der Waals surface area contributed by atoms with Crippen LogP contribution in [0.3, 0.4) is 0 Å². The minimum Gasteiger partial charge on any atom is -0.496 e. The number of aryl methyl sites for hydroxylation is 10. The van der Waals surface area contributed by atoms with Gasteiger partial charge in [-0.25, -0.2) is 54.5 Å². The Morgan fingerprint density at radius 2 is 0.673 bits per heavy atom. The third kappa shape index (κ3) is 31.8. The molecule has 0 N–H and O–H groups in total. The monoisotopic (exact) mass is 2030 g/mol. The second kappa shape index (κ2) is 53.8. The first-order valence-corrected chi connectivity index (χ1v) is 46.3. The summed E-state index contributed by atoms with van der Waals surface area (Å²) in [6.07, 6.45) is 16.8. The van der Waals surface area contributed by atoms with Gasteiger partial charge in [0.05, 0.1) is 52.4 Å². The number of alkyl halides is 3. The average molecular weight is 2040 g/mol. The van der Waals surface area contributed by atoms with Crippen LogP contribution in [0.5, 0.6) is 23.3 Å². The molecule has 0 saturated heterocycles. The highest BCUT2D eigenvalue weighted by Crippen LogP contribution is 2.40. The summed E-state index contributed by atoms with van der Waals surface area (Å²) in [5.41, 5.74) is 23.4. The van der Waals surface area contributed by atoms with Gasteiger partial charge in [-0.15, -0.1) is 0 Å². The summed E-state index contributed by atoms with van der Waals surface area (Å²) in [4.78, 5) is 31.8. The molecule has 9 aromatic heterocycles. The first kappa shape index (κ1) is 111. The Morgan fingerprint density at radius 3 is 1.12 bits per heavy atom. The van der Waals surface area contributed by atoms with E-state index >= 15 is 0 Å². The largest absolute Gasteiger partial charge is 0.496 e. The van der Waals surface area contributed by atoms with E-state index in [1.807, 2.05) is 134 Å². The maximum atomic E-state index is 13.4. The van der Waals surface area contributed by atoms with Gasteiger partial charge in [0.1, 0.15) is 69.0 Å². The summed E-state index contributed by atoms with van der Waals surface area (Å²) in [5.74, 6) is -0.115. The molecule has 19 aromatic rings. The van der Waals surface area contributed by atoms with E-state index in [9.17, 15) is 52.7 Å². The highest BCUT2D eigenvalue weighted by Gasteiger charge is 2.36. The predicted octanol–water partition coefficient (Wildman–Crippen LogP) is 32.3. The van der Waals surface area contributed by atoms with Crippen LogP contribution in [0.2, 0.25) is 10.2 Å². The van der Waals surface area contributed by atoms with E-state index < -0.39 is 17.7 Å². The number of hydrogen-bond acceptors (Lipinski definition) is 13. The molecule has 0 unspecified atom stereocenters. The second-order valence-electron chi connectivity index (χ2n) is 33.1. The maximum Gasteiger partial charge on any atom is 0.433 e. The van der Waals surface area contributed by atoms with Gasteiger partial charge >= 0.3 is 6.18 Å². The summed E-state index contributed by atoms with van der Waals surface area (Å²) in [5, 5.41) is 5.33. The van der Waals surface area contributed by atoms with Crippen LogP contribution in [0.25, 0.3) is 100 Å². The molecule has 750 valence electrons. The van der Waals surface area contributed by atoms with Crippen molar-refractivity contribution in [1.82, 2.24) is 49.7 Å². The molecule has 0 aliphatic carbocycles. The molecule has 0 aliphatic heterocycles. The smallest absolute Gasteiger partial charge is 0.433 e. The normalized spacial score (nSPS) is 10.5. The zero-order valence-corrected chi connectivity index (χ0v) is 84.1. The molecule has 0 radical (unpaired) electrons. The van der Waals surface area contributed by atoms with E-state index in [0.29, 0.717) is 39.0 Å². The van der Waals surface area contributed by atoms with Crippen LogP contribution in [0.15, 0.2) is 354 Å². The molecule has 0 fully saturated rings. The van der Waals surface area contributed by atoms with Gasteiger partial charge in [-0.2, -0.15) is 18.3 Å². The Balaban J connectivity index is 0.000000157. The minimum absolute atomic E-state index is 0.109. The number of aromatic nitrogens is 10. The average Bonchev–Trinajstić information content (AvgIpc) is 1.18. The summed E-state index contributed by atoms with van der Waals surface area (Å²) in [6.45, 7) is 19.8. The Bertz CT molecular complexity index is 7320. The molecule has 10 aromatic carbocycles. The van der Waals surface area contributed by atoms with Crippen LogP contribution in [-0.2, 0) is 12.7 Å². The van der Waals surface area contributed by atoms with Crippen molar-refractivity contribution >= 4 is 23.2 Å². The minimum atomic E-state index is -4.56. The van der Waals surface area contributed by atoms with Gasteiger partial charge in [0.2, 0.25) is 11.8 Å². The van der Waals surface area contributed by atoms with E-state index in [2.05, 4.69) is 57.1 Å². The highest BCUT2D eigenvalue weighted by molar-refractivity contribution is 6.33. The van der Waals surface area contributed by atoms with E-state index in [4.69, 9.17) is 42.1 Å². The van der Waals surface area contributed by atoms with Crippen molar-refractivity contribution < 1.29 is 71.6 Å². The van der Waals surface area contributed by atoms with Crippen LogP contribution < -0.4 is 18.9 Å². The van der Waals surface area contributed by atoms with Crippen LogP contribution in [0.4, 0.5) is 52.7 Å². The summed E-state index contributed by atoms with van der Waals surface area (Å²) in [6, 6.07) is 74.3. The number of halogens is 14. The zero-order valence-electron chi connectivity index (χ0n) is 82.6. The van der Waals surface area contributed by atoms with Gasteiger partial charge in [0, 0.05) is 130 Å². The zero-order chi connectivity index (χ0) is 106. The van der Waals surface area contributed by atoms with Gasteiger partial charge < -0.3 is 18.9 Å². The lowest BCUT2D eigenvalue weighted by atomic mass is 9.99. The lowest BCUT2D eigenvalue weighted by molar-refractivity contribution is -0.140. The summed E-state index contributed by atoms with van der Waals surface area (Å²) >= 11 is 12.0. The van der Waals surface area contributed by atoms with Gasteiger partial charge in [-0.05, 0) is 345 Å². The van der Waals surface area contributed by atoms with Gasteiger partial charge in [0.25, 0.3) is 0 Å². The molecular weight excluding hydrogens is 1930 g/mol. The molecule has 0 atom stereocenters. The molecule has 0 bridgehead atoms. The topological polar surface area (TPSA) is 158 Å². The Hall–Kier alpha value is -16.5. The van der Waals surface area contributed by atoms with Crippen molar-refractivity contribution in [3.05, 3.63) is 483 Å². The van der Waals surface area contributed by atoms with Gasteiger partial charge in [-0.1, -0.05) is 120 Å². The molecule has 9 heterocycles. The molecule has 28 heteroatoms. The quantitative estimate of drug-likeness (QED) is 0.0706. The number of methoxy groups -OCH3 is 4. The van der Waals surface area contributed by atoms with Gasteiger partial charge in [0.15, 0.2) is 5.69 Å². The van der Waals surface area contributed by atoms with E-state index in [0.717, 1.165) is 158 Å². The molecule has 14 nitrogen and oxygen atoms in total. The lowest BCUT2D eigenvalue weighted by Gasteiger charge is -2.13. The summed E-state index contributed by atoms with van der Waals surface area (Å²) < 4.78 is 179. The fraction of sp³-hybridized carbons (Fsp3) is 0.134. The van der Waals surface area contributed by atoms with E-state index in [-0.39, 0.29) is 57.7 Å². The van der Waals surface area contributed by atoms with Crippen molar-refractivity contribution in [1.29, 1.82) is 0 Å².